The van der Waals surface area contributed by atoms with E-state index in [1.807, 2.05) is 0 Å². The molecule has 1 rings (SSSR count). The van der Waals surface area contributed by atoms with Gasteiger partial charge in [0.1, 0.15) is 5.60 Å². The van der Waals surface area contributed by atoms with Crippen molar-refractivity contribution >= 4 is 0 Å². The normalized spacial score (nSPS) is 25.4. The van der Waals surface area contributed by atoms with Gasteiger partial charge >= 0.3 is 0 Å². The molecule has 0 radical (unpaired) electrons. The first-order valence-corrected chi connectivity index (χ1v) is 6.31. The molecule has 96 valence electrons. The van der Waals surface area contributed by atoms with E-state index >= 15 is 0 Å². The Hall–Kier alpha value is -0.980. The van der Waals surface area contributed by atoms with Crippen molar-refractivity contribution in [3.05, 3.63) is 36.6 Å². The summed E-state index contributed by atoms with van der Waals surface area (Å²) < 4.78 is 5.83. The average Bonchev–Trinajstić information content (AvgIpc) is 2.15. The Morgan fingerprint density at radius 2 is 1.82 bits per heavy atom. The molecule has 1 heteroatoms. The molecule has 0 aromatic heterocycles. The molecule has 0 aromatic rings. The van der Waals surface area contributed by atoms with Gasteiger partial charge in [0, 0.05) is 11.8 Å². The molecule has 1 nitrogen and oxygen atoms in total. The first kappa shape index (κ1) is 14.1. The highest BCUT2D eigenvalue weighted by atomic mass is 16.5. The Labute approximate surface area is 106 Å². The van der Waals surface area contributed by atoms with Crippen molar-refractivity contribution in [2.45, 2.75) is 53.6 Å². The van der Waals surface area contributed by atoms with Gasteiger partial charge in [0.2, 0.25) is 0 Å². The molecule has 0 saturated carbocycles. The van der Waals surface area contributed by atoms with Gasteiger partial charge in [0.05, 0.1) is 6.26 Å². The lowest BCUT2D eigenvalue weighted by Gasteiger charge is -2.43. The molecule has 0 fully saturated rings. The predicted molar refractivity (Wildman–Crippen MR) is 74.8 cm³/mol. The zero-order valence-electron chi connectivity index (χ0n) is 12.1. The summed E-state index contributed by atoms with van der Waals surface area (Å²) >= 11 is 0. The third-order valence-corrected chi connectivity index (χ3v) is 3.59. The maximum absolute atomic E-state index is 5.83. The summed E-state index contributed by atoms with van der Waals surface area (Å²) in [6.45, 7) is 17.0. The highest BCUT2D eigenvalue weighted by Crippen LogP contribution is 2.43. The van der Waals surface area contributed by atoms with E-state index in [-0.39, 0.29) is 16.4 Å². The van der Waals surface area contributed by atoms with Gasteiger partial charge < -0.3 is 4.74 Å². The minimum Gasteiger partial charge on any atom is -0.491 e. The molecule has 0 spiro atoms. The van der Waals surface area contributed by atoms with Crippen LogP contribution in [0.15, 0.2) is 36.6 Å². The molecule has 0 aromatic carbocycles. The van der Waals surface area contributed by atoms with E-state index in [1.165, 1.54) is 5.57 Å². The van der Waals surface area contributed by atoms with Crippen LogP contribution >= 0.6 is 0 Å². The van der Waals surface area contributed by atoms with Gasteiger partial charge in [-0.1, -0.05) is 60.3 Å². The smallest absolute Gasteiger partial charge is 0.135 e. The Morgan fingerprint density at radius 3 is 2.12 bits per heavy atom. The molecule has 1 unspecified atom stereocenters. The molecule has 0 heterocycles. The fraction of sp³-hybridized carbons (Fsp3) is 0.625. The largest absolute Gasteiger partial charge is 0.491 e. The first-order chi connectivity index (χ1) is 7.62. The summed E-state index contributed by atoms with van der Waals surface area (Å²) in [4.78, 5) is 0. The lowest BCUT2D eigenvalue weighted by atomic mass is 9.70. The van der Waals surface area contributed by atoms with Crippen LogP contribution in [-0.4, -0.2) is 5.60 Å². The molecule has 17 heavy (non-hydrogen) atoms. The van der Waals surface area contributed by atoms with E-state index in [0.717, 1.165) is 6.42 Å². The van der Waals surface area contributed by atoms with Crippen LogP contribution in [0.1, 0.15) is 48.0 Å². The molecule has 0 N–H and O–H groups in total. The lowest BCUT2D eigenvalue weighted by Crippen LogP contribution is -2.43. The fourth-order valence-electron chi connectivity index (χ4n) is 2.15. The van der Waals surface area contributed by atoms with E-state index in [1.54, 1.807) is 6.26 Å². The van der Waals surface area contributed by atoms with Crippen LogP contribution in [0.2, 0.25) is 0 Å². The van der Waals surface area contributed by atoms with E-state index in [0.29, 0.717) is 0 Å². The SMILES string of the molecule is C=COC1(C(C)(C)C)C=CC(C(C)(C)C)=CC1. The quantitative estimate of drug-likeness (QED) is 0.620. The van der Waals surface area contributed by atoms with Crippen LogP contribution in [0.3, 0.4) is 0 Å². The Kier molecular flexibility index (Phi) is 3.61. The molecular weight excluding hydrogens is 208 g/mol. The van der Waals surface area contributed by atoms with Crippen LogP contribution in [0.4, 0.5) is 0 Å². The zero-order valence-corrected chi connectivity index (χ0v) is 12.1. The number of ether oxygens (including phenoxy) is 1. The predicted octanol–water partition coefficient (Wildman–Crippen LogP) is 4.86. The molecule has 0 saturated heterocycles. The monoisotopic (exact) mass is 234 g/mol. The summed E-state index contributed by atoms with van der Waals surface area (Å²) in [5, 5.41) is 0. The van der Waals surface area contributed by atoms with Crippen LogP contribution in [-0.2, 0) is 4.74 Å². The number of rotatable bonds is 2. The van der Waals surface area contributed by atoms with Gasteiger partial charge in [-0.2, -0.15) is 0 Å². The number of allylic oxidation sites excluding steroid dienone is 2. The van der Waals surface area contributed by atoms with Crippen molar-refractivity contribution in [1.29, 1.82) is 0 Å². The van der Waals surface area contributed by atoms with Gasteiger partial charge in [-0.25, -0.2) is 0 Å². The second-order valence-electron chi connectivity index (χ2n) is 6.87. The average molecular weight is 234 g/mol. The Balaban J connectivity index is 3.02. The van der Waals surface area contributed by atoms with E-state index in [9.17, 15) is 0 Å². The lowest BCUT2D eigenvalue weighted by molar-refractivity contribution is -0.0254. The minimum absolute atomic E-state index is 0.0532. The van der Waals surface area contributed by atoms with E-state index in [4.69, 9.17) is 4.74 Å². The van der Waals surface area contributed by atoms with Crippen LogP contribution in [0.5, 0.6) is 0 Å². The molecule has 0 bridgehead atoms. The summed E-state index contributed by atoms with van der Waals surface area (Å²) in [6.07, 6.45) is 9.18. The molecule has 0 aliphatic heterocycles. The number of hydrogen-bond acceptors (Lipinski definition) is 1. The summed E-state index contributed by atoms with van der Waals surface area (Å²) in [5.74, 6) is 0. The molecular formula is C16H26O. The highest BCUT2D eigenvalue weighted by molar-refractivity contribution is 5.33. The second kappa shape index (κ2) is 4.36. The first-order valence-electron chi connectivity index (χ1n) is 6.31. The highest BCUT2D eigenvalue weighted by Gasteiger charge is 2.42. The van der Waals surface area contributed by atoms with Crippen molar-refractivity contribution in [1.82, 2.24) is 0 Å². The zero-order chi connectivity index (χ0) is 13.3. The Bertz CT molecular complexity index is 347. The molecule has 1 aliphatic rings. The third kappa shape index (κ3) is 2.83. The number of hydrogen-bond donors (Lipinski definition) is 0. The molecule has 1 atom stereocenters. The van der Waals surface area contributed by atoms with Crippen LogP contribution < -0.4 is 0 Å². The topological polar surface area (TPSA) is 9.23 Å². The summed E-state index contributed by atoms with van der Waals surface area (Å²) in [6, 6.07) is 0. The molecule has 1 aliphatic carbocycles. The van der Waals surface area contributed by atoms with E-state index in [2.05, 4.69) is 66.3 Å². The third-order valence-electron chi connectivity index (χ3n) is 3.59. The van der Waals surface area contributed by atoms with Crippen molar-refractivity contribution < 1.29 is 4.74 Å². The van der Waals surface area contributed by atoms with Gasteiger partial charge in [0.25, 0.3) is 0 Å². The van der Waals surface area contributed by atoms with Gasteiger partial charge in [-0.3, -0.25) is 0 Å². The maximum atomic E-state index is 5.83. The van der Waals surface area contributed by atoms with Crippen molar-refractivity contribution in [3.8, 4) is 0 Å². The summed E-state index contributed by atoms with van der Waals surface area (Å²) in [5.41, 5.74) is 1.38. The van der Waals surface area contributed by atoms with Gasteiger partial charge in [0.15, 0.2) is 0 Å². The van der Waals surface area contributed by atoms with Crippen molar-refractivity contribution in [2.75, 3.05) is 0 Å². The van der Waals surface area contributed by atoms with E-state index < -0.39 is 0 Å². The second-order valence-corrected chi connectivity index (χ2v) is 6.87. The standard InChI is InChI=1S/C16H26O/c1-8-17-16(15(5,6)7)11-9-13(10-12-16)14(2,3)4/h8-11H,1,12H2,2-7H3. The van der Waals surface area contributed by atoms with Crippen LogP contribution in [0, 0.1) is 10.8 Å². The van der Waals surface area contributed by atoms with Gasteiger partial charge in [-0.05, 0) is 17.1 Å². The fourth-order valence-corrected chi connectivity index (χ4v) is 2.15. The minimum atomic E-state index is -0.260. The summed E-state index contributed by atoms with van der Waals surface area (Å²) in [7, 11) is 0. The molecule has 0 amide bonds. The van der Waals surface area contributed by atoms with Crippen LogP contribution in [0.25, 0.3) is 0 Å². The van der Waals surface area contributed by atoms with Crippen molar-refractivity contribution in [2.24, 2.45) is 10.8 Å². The Morgan fingerprint density at radius 1 is 1.24 bits per heavy atom. The maximum Gasteiger partial charge on any atom is 0.135 e. The van der Waals surface area contributed by atoms with Crippen molar-refractivity contribution in [3.63, 3.8) is 0 Å². The van der Waals surface area contributed by atoms with Gasteiger partial charge in [-0.15, -0.1) is 0 Å².